The lowest BCUT2D eigenvalue weighted by Gasteiger charge is -2.32. The van der Waals surface area contributed by atoms with Crippen LogP contribution in [0.25, 0.3) is 0 Å². The molecule has 1 fully saturated rings. The van der Waals surface area contributed by atoms with Gasteiger partial charge in [0.1, 0.15) is 23.1 Å². The second-order valence-corrected chi connectivity index (χ2v) is 9.17. The van der Waals surface area contributed by atoms with Crippen LogP contribution in [0.15, 0.2) is 60.0 Å². The quantitative estimate of drug-likeness (QED) is 0.505. The van der Waals surface area contributed by atoms with Gasteiger partial charge in [-0.2, -0.15) is 0 Å². The molecule has 1 aliphatic rings. The Morgan fingerprint density at radius 2 is 1.64 bits per heavy atom. The smallest absolute Gasteiger partial charge is 0.271 e. The largest absolute Gasteiger partial charge is 0.486 e. The second kappa shape index (κ2) is 11.1. The Morgan fingerprint density at radius 1 is 0.970 bits per heavy atom. The minimum Gasteiger partial charge on any atom is -0.486 e. The van der Waals surface area contributed by atoms with Crippen LogP contribution >= 0.6 is 11.3 Å². The maximum Gasteiger partial charge on any atom is 0.271 e. The van der Waals surface area contributed by atoms with Gasteiger partial charge >= 0.3 is 0 Å². The van der Waals surface area contributed by atoms with E-state index >= 15 is 0 Å². The molecule has 0 saturated heterocycles. The number of rotatable bonds is 8. The Hall–Kier alpha value is -3.19. The summed E-state index contributed by atoms with van der Waals surface area (Å²) >= 11 is 1.40. The molecular weight excluding hydrogens is 434 g/mol. The second-order valence-electron chi connectivity index (χ2n) is 8.22. The fraction of sp³-hybridized carbons (Fsp3) is 0.346. The molecule has 2 amide bonds. The molecule has 3 aromatic rings. The first kappa shape index (κ1) is 23.0. The summed E-state index contributed by atoms with van der Waals surface area (Å²) in [5.41, 5.74) is 2.23. The predicted octanol–water partition coefficient (Wildman–Crippen LogP) is 4.76. The summed E-state index contributed by atoms with van der Waals surface area (Å²) in [6.07, 6.45) is 4.67. The third kappa shape index (κ3) is 6.20. The number of carbonyl (C=O) groups excluding carboxylic acids is 2. The van der Waals surface area contributed by atoms with Crippen molar-refractivity contribution in [3.63, 3.8) is 0 Å². The number of ether oxygens (including phenoxy) is 1. The zero-order valence-corrected chi connectivity index (χ0v) is 19.6. The van der Waals surface area contributed by atoms with Gasteiger partial charge in [-0.05, 0) is 49.1 Å². The zero-order valence-electron chi connectivity index (χ0n) is 18.8. The van der Waals surface area contributed by atoms with Gasteiger partial charge in [-0.3, -0.25) is 9.59 Å². The van der Waals surface area contributed by atoms with Gasteiger partial charge in [-0.25, -0.2) is 4.98 Å². The first-order chi connectivity index (χ1) is 16.1. The van der Waals surface area contributed by atoms with E-state index in [0.717, 1.165) is 42.9 Å². The van der Waals surface area contributed by atoms with Gasteiger partial charge in [0.2, 0.25) is 0 Å². The van der Waals surface area contributed by atoms with Gasteiger partial charge in [-0.15, -0.1) is 11.3 Å². The Labute approximate surface area is 198 Å². The van der Waals surface area contributed by atoms with Crippen molar-refractivity contribution in [3.8, 4) is 5.75 Å². The number of benzene rings is 2. The highest BCUT2D eigenvalue weighted by molar-refractivity contribution is 7.09. The Morgan fingerprint density at radius 3 is 2.30 bits per heavy atom. The fourth-order valence-corrected chi connectivity index (χ4v) is 4.69. The maximum atomic E-state index is 12.9. The van der Waals surface area contributed by atoms with Crippen LogP contribution < -0.4 is 15.4 Å². The van der Waals surface area contributed by atoms with Gasteiger partial charge in [0.25, 0.3) is 11.8 Å². The van der Waals surface area contributed by atoms with Crippen molar-refractivity contribution in [1.82, 2.24) is 15.6 Å². The number of aryl methyl sites for hydroxylation is 1. The summed E-state index contributed by atoms with van der Waals surface area (Å²) in [4.78, 5) is 30.0. The van der Waals surface area contributed by atoms with Crippen LogP contribution in [0.5, 0.6) is 5.75 Å². The van der Waals surface area contributed by atoms with Crippen molar-refractivity contribution in [2.75, 3.05) is 0 Å². The SMILES string of the molecule is CCc1ccc(C(=O)NC2CCCCC2NC(=O)c2csc(COc3ccccc3)n2)cc1. The highest BCUT2D eigenvalue weighted by Gasteiger charge is 2.29. The Kier molecular flexibility index (Phi) is 7.73. The lowest BCUT2D eigenvalue weighted by molar-refractivity contribution is 0.0860. The van der Waals surface area contributed by atoms with Crippen LogP contribution in [0.2, 0.25) is 0 Å². The van der Waals surface area contributed by atoms with Crippen LogP contribution in [0.1, 0.15) is 64.0 Å². The highest BCUT2D eigenvalue weighted by Crippen LogP contribution is 2.21. The third-order valence-corrected chi connectivity index (χ3v) is 6.74. The molecule has 2 atom stereocenters. The summed E-state index contributed by atoms with van der Waals surface area (Å²) in [6.45, 7) is 2.41. The minimum absolute atomic E-state index is 0.0967. The number of para-hydroxylation sites is 1. The molecule has 0 aliphatic heterocycles. The molecule has 2 unspecified atom stereocenters. The summed E-state index contributed by atoms with van der Waals surface area (Å²) < 4.78 is 5.72. The number of hydrogen-bond acceptors (Lipinski definition) is 5. The van der Waals surface area contributed by atoms with E-state index in [1.165, 1.54) is 16.9 Å². The average molecular weight is 464 g/mol. The first-order valence-electron chi connectivity index (χ1n) is 11.5. The van der Waals surface area contributed by atoms with E-state index in [1.54, 1.807) is 5.38 Å². The molecule has 1 aliphatic carbocycles. The normalized spacial score (nSPS) is 17.8. The zero-order chi connectivity index (χ0) is 23.0. The molecule has 172 valence electrons. The van der Waals surface area contributed by atoms with Crippen LogP contribution in [-0.4, -0.2) is 28.9 Å². The van der Waals surface area contributed by atoms with Gasteiger partial charge in [0.05, 0.1) is 0 Å². The average Bonchev–Trinajstić information content (AvgIpc) is 3.34. The molecule has 7 heteroatoms. The molecule has 6 nitrogen and oxygen atoms in total. The Bertz CT molecular complexity index is 1070. The topological polar surface area (TPSA) is 80.3 Å². The number of hydrogen-bond donors (Lipinski definition) is 2. The van der Waals surface area contributed by atoms with Crippen molar-refractivity contribution >= 4 is 23.2 Å². The number of carbonyl (C=O) groups is 2. The van der Waals surface area contributed by atoms with Crippen molar-refractivity contribution in [1.29, 1.82) is 0 Å². The van der Waals surface area contributed by atoms with Crippen LogP contribution in [0, 0.1) is 0 Å². The van der Waals surface area contributed by atoms with Gasteiger partial charge < -0.3 is 15.4 Å². The van der Waals surface area contributed by atoms with Crippen molar-refractivity contribution in [2.45, 2.75) is 57.7 Å². The van der Waals surface area contributed by atoms with E-state index in [0.29, 0.717) is 17.9 Å². The summed E-state index contributed by atoms with van der Waals surface area (Å²) in [5.74, 6) is 0.456. The lowest BCUT2D eigenvalue weighted by Crippen LogP contribution is -2.53. The number of thiazole rings is 1. The van der Waals surface area contributed by atoms with Crippen LogP contribution in [0.4, 0.5) is 0 Å². The van der Waals surface area contributed by atoms with Crippen molar-refractivity contribution in [2.24, 2.45) is 0 Å². The number of amides is 2. The Balaban J connectivity index is 1.34. The maximum absolute atomic E-state index is 12.9. The number of nitrogens with zero attached hydrogens (tertiary/aromatic N) is 1. The standard InChI is InChI=1S/C26H29N3O3S/c1-2-18-12-14-19(15-13-18)25(30)28-21-10-6-7-11-22(21)29-26(31)23-17-33-24(27-23)16-32-20-8-4-3-5-9-20/h3-5,8-9,12-15,17,21-22H,2,6-7,10-11,16H2,1H3,(H,28,30)(H,29,31). The molecule has 0 spiro atoms. The van der Waals surface area contributed by atoms with Crippen LogP contribution in [-0.2, 0) is 13.0 Å². The fourth-order valence-electron chi connectivity index (χ4n) is 4.01. The van der Waals surface area contributed by atoms with Gasteiger partial charge in [0.15, 0.2) is 0 Å². The molecule has 0 radical (unpaired) electrons. The van der Waals surface area contributed by atoms with Crippen LogP contribution in [0.3, 0.4) is 0 Å². The predicted molar refractivity (Wildman–Crippen MR) is 130 cm³/mol. The number of aromatic nitrogens is 1. The minimum atomic E-state index is -0.212. The first-order valence-corrected chi connectivity index (χ1v) is 12.3. The monoisotopic (exact) mass is 463 g/mol. The molecule has 4 rings (SSSR count). The molecule has 1 heterocycles. The van der Waals surface area contributed by atoms with Crippen molar-refractivity contribution < 1.29 is 14.3 Å². The number of nitrogens with one attached hydrogen (secondary N) is 2. The molecule has 0 bridgehead atoms. The summed E-state index contributed by atoms with van der Waals surface area (Å²) in [6, 6.07) is 17.0. The molecule has 1 aromatic heterocycles. The third-order valence-electron chi connectivity index (χ3n) is 5.91. The van der Waals surface area contributed by atoms with E-state index in [-0.39, 0.29) is 23.9 Å². The van der Waals surface area contributed by atoms with Gasteiger partial charge in [0, 0.05) is 23.0 Å². The molecular formula is C26H29N3O3S. The molecule has 2 aromatic carbocycles. The summed E-state index contributed by atoms with van der Waals surface area (Å²) in [5, 5.41) is 8.73. The van der Waals surface area contributed by atoms with E-state index in [2.05, 4.69) is 22.5 Å². The van der Waals surface area contributed by atoms with E-state index in [1.807, 2.05) is 54.6 Å². The van der Waals surface area contributed by atoms with E-state index in [4.69, 9.17) is 4.74 Å². The molecule has 33 heavy (non-hydrogen) atoms. The summed E-state index contributed by atoms with van der Waals surface area (Å²) in [7, 11) is 0. The van der Waals surface area contributed by atoms with E-state index < -0.39 is 0 Å². The van der Waals surface area contributed by atoms with Gasteiger partial charge in [-0.1, -0.05) is 50.1 Å². The van der Waals surface area contributed by atoms with Crippen molar-refractivity contribution in [3.05, 3.63) is 81.8 Å². The lowest BCUT2D eigenvalue weighted by atomic mass is 9.90. The molecule has 2 N–H and O–H groups in total. The molecule has 1 saturated carbocycles. The van der Waals surface area contributed by atoms with E-state index in [9.17, 15) is 9.59 Å². The highest BCUT2D eigenvalue weighted by atomic mass is 32.1.